The van der Waals surface area contributed by atoms with Crippen molar-refractivity contribution >= 4 is 24.3 Å². The number of amides is 1. The molecule has 21 heavy (non-hydrogen) atoms. The summed E-state index contributed by atoms with van der Waals surface area (Å²) in [6.07, 6.45) is 0. The molecule has 6 heteroatoms. The van der Waals surface area contributed by atoms with Gasteiger partial charge in [-0.15, -0.1) is 12.4 Å². The van der Waals surface area contributed by atoms with Crippen molar-refractivity contribution in [3.8, 4) is 11.1 Å². The van der Waals surface area contributed by atoms with E-state index in [1.807, 2.05) is 30.3 Å². The third-order valence-electron chi connectivity index (χ3n) is 3.45. The van der Waals surface area contributed by atoms with Gasteiger partial charge in [0.2, 0.25) is 0 Å². The molecule has 5 nitrogen and oxygen atoms in total. The van der Waals surface area contributed by atoms with Gasteiger partial charge >= 0.3 is 0 Å². The minimum absolute atomic E-state index is 0. The molecule has 3 rings (SSSR count). The number of halogens is 1. The van der Waals surface area contributed by atoms with E-state index in [1.165, 1.54) is 0 Å². The van der Waals surface area contributed by atoms with Crippen molar-refractivity contribution < 1.29 is 4.79 Å². The first-order valence-electron chi connectivity index (χ1n) is 6.20. The Morgan fingerprint density at radius 3 is 2.38 bits per heavy atom. The summed E-state index contributed by atoms with van der Waals surface area (Å²) in [4.78, 5) is 15.4. The highest BCUT2D eigenvalue weighted by atomic mass is 35.5. The molecule has 1 unspecified atom stereocenters. The Balaban J connectivity index is 0.00000161. The largest absolute Gasteiger partial charge is 0.370 e. The van der Waals surface area contributed by atoms with Crippen LogP contribution in [0.4, 0.5) is 0 Å². The predicted octanol–water partition coefficient (Wildman–Crippen LogP) is 1.55. The van der Waals surface area contributed by atoms with Crippen LogP contribution in [0.25, 0.3) is 11.1 Å². The van der Waals surface area contributed by atoms with Gasteiger partial charge in [-0.1, -0.05) is 30.3 Å². The fourth-order valence-electron chi connectivity index (χ4n) is 2.56. The van der Waals surface area contributed by atoms with Crippen LogP contribution in [0.15, 0.2) is 47.5 Å². The lowest BCUT2D eigenvalue weighted by atomic mass is 10.0. The molecule has 1 aliphatic carbocycles. The van der Waals surface area contributed by atoms with E-state index < -0.39 is 5.91 Å². The maximum absolute atomic E-state index is 11.8. The zero-order chi connectivity index (χ0) is 14.3. The minimum Gasteiger partial charge on any atom is -0.370 e. The third kappa shape index (κ3) is 2.49. The maximum Gasteiger partial charge on any atom is 0.280 e. The number of hydrogen-bond acceptors (Lipinski definition) is 2. The summed E-state index contributed by atoms with van der Waals surface area (Å²) in [5.41, 5.74) is 21.2. The highest BCUT2D eigenvalue weighted by Gasteiger charge is 2.26. The Labute approximate surface area is 128 Å². The average Bonchev–Trinajstić information content (AvgIpc) is 2.72. The van der Waals surface area contributed by atoms with Crippen molar-refractivity contribution in [1.29, 1.82) is 0 Å². The number of guanidine groups is 1. The molecule has 0 bridgehead atoms. The molecule has 108 valence electrons. The van der Waals surface area contributed by atoms with E-state index in [-0.39, 0.29) is 24.4 Å². The second-order valence-corrected chi connectivity index (χ2v) is 4.71. The van der Waals surface area contributed by atoms with Crippen molar-refractivity contribution in [2.75, 3.05) is 0 Å². The Hall–Kier alpha value is -2.37. The molecular weight excluding hydrogens is 288 g/mol. The first kappa shape index (κ1) is 15.0. The number of hydrogen-bond donors (Lipinski definition) is 3. The number of nitrogens with zero attached hydrogens (tertiary/aromatic N) is 1. The quantitative estimate of drug-likeness (QED) is 0.548. The topological polar surface area (TPSA) is 107 Å². The zero-order valence-corrected chi connectivity index (χ0v) is 11.9. The third-order valence-corrected chi connectivity index (χ3v) is 3.45. The zero-order valence-electron chi connectivity index (χ0n) is 11.1. The number of nitrogens with two attached hydrogens (primary N) is 3. The number of benzene rings is 2. The van der Waals surface area contributed by atoms with Gasteiger partial charge < -0.3 is 17.2 Å². The normalized spacial score (nSPS) is 14.6. The fraction of sp³-hybridized carbons (Fsp3) is 0.0667. The van der Waals surface area contributed by atoms with Crippen LogP contribution in [0.5, 0.6) is 0 Å². The van der Waals surface area contributed by atoms with Gasteiger partial charge in [0.05, 0.1) is 6.04 Å². The number of carbonyl (C=O) groups is 1. The minimum atomic E-state index is -0.462. The standard InChI is InChI=1S/C15H14N4O.ClH/c16-13-11-4-2-1-3-9(11)10-6-5-8(7-12(10)13)14(20)19-15(17)18;/h1-7,13H,16H2,(H4,17,18,19,20);1H. The Morgan fingerprint density at radius 1 is 1.00 bits per heavy atom. The Morgan fingerprint density at radius 2 is 1.67 bits per heavy atom. The summed E-state index contributed by atoms with van der Waals surface area (Å²) in [6.45, 7) is 0. The van der Waals surface area contributed by atoms with Gasteiger partial charge in [0.25, 0.3) is 5.91 Å². The fourth-order valence-corrected chi connectivity index (χ4v) is 2.56. The first-order valence-corrected chi connectivity index (χ1v) is 6.20. The van der Waals surface area contributed by atoms with Gasteiger partial charge in [0.1, 0.15) is 0 Å². The van der Waals surface area contributed by atoms with Crippen LogP contribution >= 0.6 is 12.4 Å². The lowest BCUT2D eigenvalue weighted by molar-refractivity contribution is 0.100. The number of carbonyl (C=O) groups excluding carboxylic acids is 1. The van der Waals surface area contributed by atoms with E-state index in [0.29, 0.717) is 5.56 Å². The van der Waals surface area contributed by atoms with E-state index in [0.717, 1.165) is 22.3 Å². The molecule has 2 aromatic rings. The lowest BCUT2D eigenvalue weighted by Crippen LogP contribution is -2.24. The van der Waals surface area contributed by atoms with Crippen molar-refractivity contribution in [2.24, 2.45) is 22.2 Å². The van der Waals surface area contributed by atoms with Crippen molar-refractivity contribution in [3.63, 3.8) is 0 Å². The van der Waals surface area contributed by atoms with Crippen LogP contribution in [0.3, 0.4) is 0 Å². The van der Waals surface area contributed by atoms with Crippen LogP contribution in [-0.4, -0.2) is 11.9 Å². The molecule has 0 saturated heterocycles. The smallest absolute Gasteiger partial charge is 0.280 e. The molecule has 0 aromatic heterocycles. The molecule has 0 fully saturated rings. The van der Waals surface area contributed by atoms with Gasteiger partial charge in [-0.2, -0.15) is 4.99 Å². The molecule has 0 radical (unpaired) electrons. The molecular formula is C15H15ClN4O. The molecule has 1 amide bonds. The summed E-state index contributed by atoms with van der Waals surface area (Å²) in [7, 11) is 0. The van der Waals surface area contributed by atoms with Gasteiger partial charge in [-0.25, -0.2) is 0 Å². The first-order chi connectivity index (χ1) is 9.58. The van der Waals surface area contributed by atoms with Gasteiger partial charge in [0.15, 0.2) is 5.96 Å². The summed E-state index contributed by atoms with van der Waals surface area (Å²) < 4.78 is 0. The molecule has 1 atom stereocenters. The van der Waals surface area contributed by atoms with Crippen LogP contribution < -0.4 is 17.2 Å². The highest BCUT2D eigenvalue weighted by molar-refractivity contribution is 6.02. The van der Waals surface area contributed by atoms with Gasteiger partial charge in [-0.3, -0.25) is 4.79 Å². The summed E-state index contributed by atoms with van der Waals surface area (Å²) in [5.74, 6) is -0.709. The van der Waals surface area contributed by atoms with E-state index in [1.54, 1.807) is 12.1 Å². The van der Waals surface area contributed by atoms with E-state index in [4.69, 9.17) is 17.2 Å². The van der Waals surface area contributed by atoms with Gasteiger partial charge in [-0.05, 0) is 34.4 Å². The number of fused-ring (bicyclic) bond motifs is 3. The highest BCUT2D eigenvalue weighted by Crippen LogP contribution is 2.42. The SMILES string of the molecule is Cl.NC(N)=NC(=O)c1ccc2c(c1)C(N)c1ccccc1-2. The van der Waals surface area contributed by atoms with Crippen molar-refractivity contribution in [3.05, 3.63) is 59.2 Å². The number of rotatable bonds is 1. The predicted molar refractivity (Wildman–Crippen MR) is 85.3 cm³/mol. The molecule has 0 spiro atoms. The Kier molecular flexibility index (Phi) is 3.97. The van der Waals surface area contributed by atoms with Crippen molar-refractivity contribution in [1.82, 2.24) is 0 Å². The second-order valence-electron chi connectivity index (χ2n) is 4.71. The molecule has 0 saturated carbocycles. The van der Waals surface area contributed by atoms with Crippen LogP contribution in [-0.2, 0) is 0 Å². The molecule has 2 aromatic carbocycles. The number of aliphatic imine (C=N–C) groups is 1. The van der Waals surface area contributed by atoms with E-state index >= 15 is 0 Å². The monoisotopic (exact) mass is 302 g/mol. The lowest BCUT2D eigenvalue weighted by Gasteiger charge is -2.07. The average molecular weight is 303 g/mol. The summed E-state index contributed by atoms with van der Waals surface area (Å²) in [5, 5.41) is 0. The van der Waals surface area contributed by atoms with E-state index in [2.05, 4.69) is 4.99 Å². The van der Waals surface area contributed by atoms with Crippen LogP contribution in [0.1, 0.15) is 27.5 Å². The van der Waals surface area contributed by atoms with Crippen LogP contribution in [0.2, 0.25) is 0 Å². The van der Waals surface area contributed by atoms with Crippen LogP contribution in [0, 0.1) is 0 Å². The summed E-state index contributed by atoms with van der Waals surface area (Å²) >= 11 is 0. The van der Waals surface area contributed by atoms with Gasteiger partial charge in [0, 0.05) is 5.56 Å². The molecule has 1 aliphatic rings. The Bertz CT molecular complexity index is 738. The molecule has 6 N–H and O–H groups in total. The second kappa shape index (κ2) is 5.55. The maximum atomic E-state index is 11.8. The van der Waals surface area contributed by atoms with Crippen molar-refractivity contribution in [2.45, 2.75) is 6.04 Å². The molecule has 0 aliphatic heterocycles. The van der Waals surface area contributed by atoms with E-state index in [9.17, 15) is 4.79 Å². The summed E-state index contributed by atoms with van der Waals surface area (Å²) in [6, 6.07) is 13.1. The molecule has 0 heterocycles.